The van der Waals surface area contributed by atoms with Crippen LogP contribution < -0.4 is 4.74 Å². The highest BCUT2D eigenvalue weighted by Gasteiger charge is 2.23. The van der Waals surface area contributed by atoms with Crippen LogP contribution in [0.25, 0.3) is 0 Å². The van der Waals surface area contributed by atoms with Crippen molar-refractivity contribution in [2.75, 3.05) is 14.2 Å². The Hall–Kier alpha value is -1.62. The van der Waals surface area contributed by atoms with Crippen LogP contribution in [0, 0.1) is 5.82 Å². The van der Waals surface area contributed by atoms with E-state index in [9.17, 15) is 14.3 Å². The van der Waals surface area contributed by atoms with E-state index in [1.54, 1.807) is 0 Å². The number of rotatable bonds is 3. The van der Waals surface area contributed by atoms with Crippen LogP contribution in [-0.2, 0) is 9.53 Å². The SMILES string of the molecule is COC(=O)C(O)c1cccc(OC)c1F. The number of halogens is 1. The lowest BCUT2D eigenvalue weighted by Gasteiger charge is -2.11. The summed E-state index contributed by atoms with van der Waals surface area (Å²) in [6.07, 6.45) is -1.63. The van der Waals surface area contributed by atoms with Crippen molar-refractivity contribution in [1.82, 2.24) is 0 Å². The van der Waals surface area contributed by atoms with E-state index in [1.807, 2.05) is 0 Å². The first-order chi connectivity index (χ1) is 7.11. The predicted molar refractivity (Wildman–Crippen MR) is 49.9 cm³/mol. The molecule has 0 aliphatic rings. The Morgan fingerprint density at radius 2 is 2.13 bits per heavy atom. The molecule has 4 nitrogen and oxygen atoms in total. The van der Waals surface area contributed by atoms with E-state index in [-0.39, 0.29) is 11.3 Å². The topological polar surface area (TPSA) is 55.8 Å². The molecule has 82 valence electrons. The fraction of sp³-hybridized carbons (Fsp3) is 0.300. The van der Waals surface area contributed by atoms with Gasteiger partial charge in [0.25, 0.3) is 0 Å². The minimum absolute atomic E-state index is 0.0320. The van der Waals surface area contributed by atoms with Gasteiger partial charge in [0.15, 0.2) is 17.7 Å². The summed E-state index contributed by atoms with van der Waals surface area (Å²) in [5, 5.41) is 9.42. The van der Waals surface area contributed by atoms with E-state index in [0.29, 0.717) is 0 Å². The van der Waals surface area contributed by atoms with Crippen molar-refractivity contribution >= 4 is 5.97 Å². The molecule has 0 saturated heterocycles. The zero-order valence-corrected chi connectivity index (χ0v) is 8.36. The second kappa shape index (κ2) is 4.75. The van der Waals surface area contributed by atoms with E-state index in [0.717, 1.165) is 7.11 Å². The molecule has 0 aromatic heterocycles. The molecule has 0 radical (unpaired) electrons. The number of hydrogen-bond donors (Lipinski definition) is 1. The van der Waals surface area contributed by atoms with Crippen LogP contribution in [0.1, 0.15) is 11.7 Å². The van der Waals surface area contributed by atoms with Gasteiger partial charge in [0.1, 0.15) is 0 Å². The zero-order valence-electron chi connectivity index (χ0n) is 8.36. The maximum Gasteiger partial charge on any atom is 0.339 e. The first-order valence-corrected chi connectivity index (χ1v) is 4.20. The first kappa shape index (κ1) is 11.5. The lowest BCUT2D eigenvalue weighted by molar-refractivity contribution is -0.150. The summed E-state index contributed by atoms with van der Waals surface area (Å²) in [4.78, 5) is 11.0. The molecule has 1 N–H and O–H groups in total. The van der Waals surface area contributed by atoms with Gasteiger partial charge in [-0.05, 0) is 6.07 Å². The lowest BCUT2D eigenvalue weighted by atomic mass is 10.1. The number of carbonyl (C=O) groups is 1. The molecule has 0 aliphatic heterocycles. The van der Waals surface area contributed by atoms with E-state index < -0.39 is 17.9 Å². The molecular weight excluding hydrogens is 203 g/mol. The minimum Gasteiger partial charge on any atom is -0.494 e. The molecule has 0 spiro atoms. The molecule has 1 unspecified atom stereocenters. The Kier molecular flexibility index (Phi) is 3.62. The monoisotopic (exact) mass is 214 g/mol. The molecule has 5 heteroatoms. The van der Waals surface area contributed by atoms with Crippen LogP contribution in [-0.4, -0.2) is 25.3 Å². The van der Waals surface area contributed by atoms with Crippen LogP contribution in [0.3, 0.4) is 0 Å². The normalized spacial score (nSPS) is 12.0. The third-order valence-electron chi connectivity index (χ3n) is 1.93. The third-order valence-corrected chi connectivity index (χ3v) is 1.93. The summed E-state index contributed by atoms with van der Waals surface area (Å²) >= 11 is 0. The highest BCUT2D eigenvalue weighted by molar-refractivity contribution is 5.76. The van der Waals surface area contributed by atoms with Crippen molar-refractivity contribution in [3.8, 4) is 5.75 Å². The van der Waals surface area contributed by atoms with Gasteiger partial charge in [0, 0.05) is 5.56 Å². The Bertz CT molecular complexity index is 364. The molecule has 0 heterocycles. The Morgan fingerprint density at radius 1 is 1.47 bits per heavy atom. The van der Waals surface area contributed by atoms with Gasteiger partial charge in [0.2, 0.25) is 0 Å². The number of ether oxygens (including phenoxy) is 2. The van der Waals surface area contributed by atoms with Crippen molar-refractivity contribution in [3.63, 3.8) is 0 Å². The largest absolute Gasteiger partial charge is 0.494 e. The van der Waals surface area contributed by atoms with Crippen molar-refractivity contribution in [3.05, 3.63) is 29.6 Å². The molecule has 1 aromatic carbocycles. The number of carbonyl (C=O) groups excluding carboxylic acids is 1. The van der Waals surface area contributed by atoms with E-state index in [4.69, 9.17) is 4.74 Å². The first-order valence-electron chi connectivity index (χ1n) is 4.20. The van der Waals surface area contributed by atoms with Crippen LogP contribution in [0.15, 0.2) is 18.2 Å². The summed E-state index contributed by atoms with van der Waals surface area (Å²) in [5.74, 6) is -1.71. The fourth-order valence-electron chi connectivity index (χ4n) is 1.14. The smallest absolute Gasteiger partial charge is 0.339 e. The zero-order chi connectivity index (χ0) is 11.4. The van der Waals surface area contributed by atoms with Gasteiger partial charge < -0.3 is 14.6 Å². The second-order valence-corrected chi connectivity index (χ2v) is 2.79. The number of methoxy groups -OCH3 is 2. The highest BCUT2D eigenvalue weighted by Crippen LogP contribution is 2.25. The van der Waals surface area contributed by atoms with Crippen LogP contribution >= 0.6 is 0 Å². The summed E-state index contributed by atoms with van der Waals surface area (Å²) < 4.78 is 22.5. The molecule has 0 saturated carbocycles. The third kappa shape index (κ3) is 2.24. The Morgan fingerprint density at radius 3 is 2.67 bits per heavy atom. The van der Waals surface area contributed by atoms with Gasteiger partial charge in [-0.3, -0.25) is 0 Å². The van der Waals surface area contributed by atoms with Gasteiger partial charge in [-0.25, -0.2) is 9.18 Å². The minimum atomic E-state index is -1.63. The summed E-state index contributed by atoms with van der Waals surface area (Å²) in [5.41, 5.74) is -0.166. The average molecular weight is 214 g/mol. The molecule has 0 bridgehead atoms. The fourth-order valence-corrected chi connectivity index (χ4v) is 1.14. The predicted octanol–water partition coefficient (Wildman–Crippen LogP) is 1.04. The maximum atomic E-state index is 13.5. The molecule has 0 amide bonds. The molecule has 1 atom stereocenters. The molecule has 1 aromatic rings. The number of aliphatic hydroxyl groups is 1. The number of aliphatic hydroxyl groups excluding tert-OH is 1. The summed E-state index contributed by atoms with van der Waals surface area (Å²) in [6.45, 7) is 0. The number of benzene rings is 1. The van der Waals surface area contributed by atoms with Crippen molar-refractivity contribution in [2.24, 2.45) is 0 Å². The lowest BCUT2D eigenvalue weighted by Crippen LogP contribution is -2.15. The van der Waals surface area contributed by atoms with E-state index in [2.05, 4.69) is 4.74 Å². The van der Waals surface area contributed by atoms with E-state index >= 15 is 0 Å². The van der Waals surface area contributed by atoms with Gasteiger partial charge in [-0.15, -0.1) is 0 Å². The second-order valence-electron chi connectivity index (χ2n) is 2.79. The maximum absolute atomic E-state index is 13.5. The van der Waals surface area contributed by atoms with Gasteiger partial charge in [-0.1, -0.05) is 12.1 Å². The quantitative estimate of drug-likeness (QED) is 0.764. The summed E-state index contributed by atoms with van der Waals surface area (Å²) in [7, 11) is 2.41. The Balaban J connectivity index is 3.09. The Labute approximate surface area is 86.2 Å². The van der Waals surface area contributed by atoms with Crippen LogP contribution in [0.5, 0.6) is 5.75 Å². The molecule has 0 aliphatic carbocycles. The van der Waals surface area contributed by atoms with Gasteiger partial charge >= 0.3 is 5.97 Å². The molecule has 0 fully saturated rings. The van der Waals surface area contributed by atoms with E-state index in [1.165, 1.54) is 25.3 Å². The highest BCUT2D eigenvalue weighted by atomic mass is 19.1. The van der Waals surface area contributed by atoms with Crippen LogP contribution in [0.4, 0.5) is 4.39 Å². The number of esters is 1. The molecule has 15 heavy (non-hydrogen) atoms. The molecular formula is C10H11FO4. The van der Waals surface area contributed by atoms with Crippen molar-refractivity contribution < 1.29 is 23.8 Å². The number of hydrogen-bond acceptors (Lipinski definition) is 4. The van der Waals surface area contributed by atoms with Gasteiger partial charge in [-0.2, -0.15) is 0 Å². The standard InChI is InChI=1S/C10H11FO4/c1-14-7-5-3-4-6(8(7)11)9(12)10(13)15-2/h3-5,9,12H,1-2H3. The molecule has 1 rings (SSSR count). The van der Waals surface area contributed by atoms with Gasteiger partial charge in [0.05, 0.1) is 14.2 Å². The van der Waals surface area contributed by atoms with Crippen LogP contribution in [0.2, 0.25) is 0 Å². The van der Waals surface area contributed by atoms with Crippen molar-refractivity contribution in [1.29, 1.82) is 0 Å². The average Bonchev–Trinajstić information content (AvgIpc) is 2.27. The van der Waals surface area contributed by atoms with Crippen molar-refractivity contribution in [2.45, 2.75) is 6.10 Å². The summed E-state index contributed by atoms with van der Waals surface area (Å²) in [6, 6.07) is 4.16.